The average Bonchev–Trinajstić information content (AvgIpc) is 1.66. The van der Waals surface area contributed by atoms with Crippen LogP contribution >= 0.6 is 24.8 Å². The van der Waals surface area contributed by atoms with Crippen LogP contribution in [0.1, 0.15) is 19.8 Å². The van der Waals surface area contributed by atoms with Crippen molar-refractivity contribution < 1.29 is 31.9 Å². The molecule has 0 aromatic carbocycles. The average molecular weight is 247 g/mol. The summed E-state index contributed by atoms with van der Waals surface area (Å²) in [6, 6.07) is 0. The van der Waals surface area contributed by atoms with E-state index in [2.05, 4.69) is 6.92 Å². The van der Waals surface area contributed by atoms with E-state index < -0.39 is 15.4 Å². The Hall–Kier alpha value is 0.684. The minimum atomic E-state index is -3.69. The predicted octanol–water partition coefficient (Wildman–Crippen LogP) is 0.825. The third-order valence-electron chi connectivity index (χ3n) is 0.512. The van der Waals surface area contributed by atoms with Crippen LogP contribution in [0.5, 0.6) is 0 Å². The van der Waals surface area contributed by atoms with Crippen LogP contribution < -0.4 is 0 Å². The molecule has 0 bridgehead atoms. The van der Waals surface area contributed by atoms with Crippen molar-refractivity contribution in [3.63, 3.8) is 0 Å². The van der Waals surface area contributed by atoms with Gasteiger partial charge in [-0.1, -0.05) is 13.3 Å². The molecule has 0 unspecified atom stereocenters. The Morgan fingerprint density at radius 1 is 1.27 bits per heavy atom. The number of aliphatic hydroxyl groups is 1. The van der Waals surface area contributed by atoms with E-state index in [0.717, 1.165) is 12.8 Å². The van der Waals surface area contributed by atoms with Gasteiger partial charge in [-0.05, 0) is 6.42 Å². The number of rotatable bonds is 2. The standard InChI is InChI=1S/C4H10O.2ClH.H2O.2O.V/c1-2-3-4-5;;;;;;/h5H,2-4H2,1H3;2*1H;1H2;;;/q;;;;;;+1/p-1. The molecule has 0 aliphatic carbocycles. The third-order valence-corrected chi connectivity index (χ3v) is 0.512. The Morgan fingerprint density at radius 3 is 1.55 bits per heavy atom. The van der Waals surface area contributed by atoms with Crippen LogP contribution in [0.25, 0.3) is 0 Å². The molecule has 7 heteroatoms. The molecule has 0 rings (SSSR count). The van der Waals surface area contributed by atoms with Gasteiger partial charge in [0.1, 0.15) is 0 Å². The van der Waals surface area contributed by atoms with Gasteiger partial charge in [-0.25, -0.2) is 0 Å². The summed E-state index contributed by atoms with van der Waals surface area (Å²) < 4.78 is 24.4. The molecule has 0 saturated carbocycles. The van der Waals surface area contributed by atoms with Crippen molar-refractivity contribution in [1.82, 2.24) is 0 Å². The van der Waals surface area contributed by atoms with Crippen LogP contribution in [-0.2, 0) is 22.7 Å². The molecule has 0 spiro atoms. The summed E-state index contributed by atoms with van der Waals surface area (Å²) in [6.45, 7) is 2.40. The molecule has 72 valence electrons. The van der Waals surface area contributed by atoms with E-state index >= 15 is 0 Å². The zero-order valence-corrected chi connectivity index (χ0v) is 9.13. The van der Waals surface area contributed by atoms with E-state index in [1.807, 2.05) is 0 Å². The molecule has 11 heavy (non-hydrogen) atoms. The summed E-state index contributed by atoms with van der Waals surface area (Å²) >= 11 is -3.69. The van der Waals surface area contributed by atoms with Crippen molar-refractivity contribution in [2.24, 2.45) is 0 Å². The van der Waals surface area contributed by atoms with E-state index in [9.17, 15) is 0 Å². The van der Waals surface area contributed by atoms with Gasteiger partial charge in [-0.2, -0.15) is 0 Å². The van der Waals surface area contributed by atoms with Gasteiger partial charge in [-0.3, -0.25) is 0 Å². The molecule has 0 radical (unpaired) electrons. The molecule has 0 aliphatic heterocycles. The van der Waals surface area contributed by atoms with Gasteiger partial charge >= 0.3 is 26.8 Å². The number of halogens is 2. The summed E-state index contributed by atoms with van der Waals surface area (Å²) in [6.07, 6.45) is 2.04. The molecule has 0 heterocycles. The molecule has 0 aromatic heterocycles. The molecule has 0 aliphatic rings. The molecule has 4 nitrogen and oxygen atoms in total. The van der Waals surface area contributed by atoms with Crippen molar-refractivity contribution in [3.05, 3.63) is 0 Å². The zero-order chi connectivity index (χ0) is 7.70. The molecule has 0 atom stereocenters. The first-order valence-electron chi connectivity index (χ1n) is 2.59. The number of aliphatic hydroxyl groups excluding tert-OH is 1. The number of hydrogen-bond donors (Lipinski definition) is 2. The Morgan fingerprint density at radius 2 is 1.55 bits per heavy atom. The molecule has 0 fully saturated rings. The number of unbranched alkanes of at least 4 members (excludes halogenated alkanes) is 1. The van der Waals surface area contributed by atoms with Crippen molar-refractivity contribution >= 4 is 24.8 Å². The fraction of sp³-hybridized carbons (Fsp3) is 1.00. The van der Waals surface area contributed by atoms with E-state index in [1.165, 1.54) is 0 Å². The van der Waals surface area contributed by atoms with Gasteiger partial charge in [0.15, 0.2) is 0 Å². The maximum atomic E-state index is 8.67. The molecule has 0 aromatic rings. The second-order valence-electron chi connectivity index (χ2n) is 1.31. The van der Waals surface area contributed by atoms with Gasteiger partial charge in [0, 0.05) is 6.61 Å². The van der Waals surface area contributed by atoms with Crippen LogP contribution in [0.2, 0.25) is 0 Å². The van der Waals surface area contributed by atoms with E-state index in [1.54, 1.807) is 0 Å². The Kier molecular flexibility index (Phi) is 46.1. The molecule has 0 saturated heterocycles. The second kappa shape index (κ2) is 22.4. The first-order chi connectivity index (χ1) is 4.15. The fourth-order valence-corrected chi connectivity index (χ4v) is 0.158. The van der Waals surface area contributed by atoms with Gasteiger partial charge in [0.2, 0.25) is 0 Å². The van der Waals surface area contributed by atoms with Gasteiger partial charge < -0.3 is 5.11 Å². The zero-order valence-electron chi connectivity index (χ0n) is 6.10. The summed E-state index contributed by atoms with van der Waals surface area (Å²) in [5.74, 6) is 0. The summed E-state index contributed by atoms with van der Waals surface area (Å²) in [4.78, 5) is 0. The minimum absolute atomic E-state index is 0. The number of hydrogen-bond acceptors (Lipinski definition) is 3. The van der Waals surface area contributed by atoms with E-state index in [0.29, 0.717) is 6.61 Å². The van der Waals surface area contributed by atoms with Crippen LogP contribution in [0, 0.1) is 0 Å². The fourth-order valence-electron chi connectivity index (χ4n) is 0.158. The van der Waals surface area contributed by atoms with Crippen LogP contribution in [0.3, 0.4) is 0 Å². The van der Waals surface area contributed by atoms with Gasteiger partial charge in [0.05, 0.1) is 0 Å². The maximum absolute atomic E-state index is 8.67. The third kappa shape index (κ3) is 112. The topological polar surface area (TPSA) is 74.6 Å². The monoisotopic (exact) mass is 246 g/mol. The van der Waals surface area contributed by atoms with Gasteiger partial charge in [0.25, 0.3) is 0 Å². The first kappa shape index (κ1) is 22.6. The SMILES string of the molecule is CCCCO.Cl.Cl.[O]=[V](=[O])[OH]. The summed E-state index contributed by atoms with van der Waals surface area (Å²) in [5.41, 5.74) is 0. The quantitative estimate of drug-likeness (QED) is 0.757. The van der Waals surface area contributed by atoms with Crippen LogP contribution in [0.4, 0.5) is 0 Å². The van der Waals surface area contributed by atoms with Crippen LogP contribution in [0.15, 0.2) is 0 Å². The predicted molar refractivity (Wildman–Crippen MR) is 40.1 cm³/mol. The Bertz CT molecular complexity index is 96.3. The van der Waals surface area contributed by atoms with Crippen molar-refractivity contribution in [3.8, 4) is 0 Å². The second-order valence-corrected chi connectivity index (χ2v) is 2.06. The normalized spacial score (nSPS) is 6.09. The summed E-state index contributed by atoms with van der Waals surface area (Å²) in [7, 11) is 0. The first-order valence-corrected chi connectivity index (χ1v) is 4.35. The van der Waals surface area contributed by atoms with Crippen molar-refractivity contribution in [2.45, 2.75) is 19.8 Å². The molecular weight excluding hydrogens is 234 g/mol. The van der Waals surface area contributed by atoms with Crippen molar-refractivity contribution in [1.29, 1.82) is 0 Å². The Balaban J connectivity index is -0.0000000383. The molecule has 2 N–H and O–H groups in total. The van der Waals surface area contributed by atoms with Gasteiger partial charge in [-0.15, -0.1) is 24.8 Å². The molecule has 0 amide bonds. The van der Waals surface area contributed by atoms with E-state index in [4.69, 9.17) is 16.5 Å². The van der Waals surface area contributed by atoms with Crippen molar-refractivity contribution in [2.75, 3.05) is 6.61 Å². The van der Waals surface area contributed by atoms with Crippen LogP contribution in [-0.4, -0.2) is 15.7 Å². The Labute approximate surface area is 83.2 Å². The molecular formula is C4H13Cl2O4V. The summed E-state index contributed by atoms with van der Waals surface area (Å²) in [5, 5.41) is 8.07. The van der Waals surface area contributed by atoms with E-state index in [-0.39, 0.29) is 24.8 Å².